The molecule has 5 heteroatoms. The standard InChI is InChI=1S/C15H24N2O2S/c1-11-4-2-5-13(9-18)17(11)8-12-10-20-15(16-12)14-6-3-7-19-14/h10-11,13-14,18H,2-9H2,1H3. The maximum Gasteiger partial charge on any atom is 0.122 e. The first kappa shape index (κ1) is 14.4. The Morgan fingerprint density at radius 3 is 3.05 bits per heavy atom. The number of rotatable bonds is 4. The van der Waals surface area contributed by atoms with Gasteiger partial charge < -0.3 is 9.84 Å². The number of likely N-dealkylation sites (tertiary alicyclic amines) is 1. The normalized spacial score (nSPS) is 31.8. The summed E-state index contributed by atoms with van der Waals surface area (Å²) in [5.41, 5.74) is 1.13. The summed E-state index contributed by atoms with van der Waals surface area (Å²) in [4.78, 5) is 7.17. The van der Waals surface area contributed by atoms with E-state index in [2.05, 4.69) is 17.2 Å². The molecular formula is C15H24N2O2S. The van der Waals surface area contributed by atoms with Crippen molar-refractivity contribution in [3.05, 3.63) is 16.1 Å². The Kier molecular flexibility index (Phi) is 4.71. The van der Waals surface area contributed by atoms with Crippen molar-refractivity contribution in [2.75, 3.05) is 13.2 Å². The Balaban J connectivity index is 1.66. The number of aliphatic hydroxyl groups is 1. The number of piperidine rings is 1. The molecule has 2 aliphatic heterocycles. The first-order chi connectivity index (χ1) is 9.78. The summed E-state index contributed by atoms with van der Waals surface area (Å²) in [7, 11) is 0. The second-order valence-corrected chi connectivity index (χ2v) is 6.86. The quantitative estimate of drug-likeness (QED) is 0.928. The molecule has 3 heterocycles. The number of nitrogens with zero attached hydrogens (tertiary/aromatic N) is 2. The van der Waals surface area contributed by atoms with Crippen molar-refractivity contribution in [2.45, 2.75) is 63.8 Å². The van der Waals surface area contributed by atoms with Crippen molar-refractivity contribution < 1.29 is 9.84 Å². The van der Waals surface area contributed by atoms with E-state index in [9.17, 15) is 5.11 Å². The van der Waals surface area contributed by atoms with Gasteiger partial charge in [-0.05, 0) is 32.6 Å². The highest BCUT2D eigenvalue weighted by Crippen LogP contribution is 2.31. The first-order valence-corrected chi connectivity index (χ1v) is 8.58. The third kappa shape index (κ3) is 3.06. The van der Waals surface area contributed by atoms with E-state index in [0.717, 1.165) is 43.1 Å². The molecule has 0 spiro atoms. The van der Waals surface area contributed by atoms with E-state index < -0.39 is 0 Å². The number of thiazole rings is 1. The van der Waals surface area contributed by atoms with Crippen LogP contribution in [0.1, 0.15) is 55.8 Å². The molecule has 0 bridgehead atoms. The zero-order chi connectivity index (χ0) is 13.9. The van der Waals surface area contributed by atoms with Crippen LogP contribution in [0, 0.1) is 0 Å². The zero-order valence-corrected chi connectivity index (χ0v) is 12.9. The van der Waals surface area contributed by atoms with Crippen molar-refractivity contribution in [2.24, 2.45) is 0 Å². The average molecular weight is 296 g/mol. The van der Waals surface area contributed by atoms with Gasteiger partial charge in [-0.1, -0.05) is 6.42 Å². The third-order valence-electron chi connectivity index (χ3n) is 4.52. The molecule has 1 aromatic heterocycles. The Labute approximate surface area is 124 Å². The van der Waals surface area contributed by atoms with Crippen molar-refractivity contribution in [1.29, 1.82) is 0 Å². The number of hydrogen-bond acceptors (Lipinski definition) is 5. The van der Waals surface area contributed by atoms with Crippen LogP contribution >= 0.6 is 11.3 Å². The predicted molar refractivity (Wildman–Crippen MR) is 79.8 cm³/mol. The summed E-state index contributed by atoms with van der Waals surface area (Å²) in [6.07, 6.45) is 6.02. The minimum absolute atomic E-state index is 0.223. The van der Waals surface area contributed by atoms with Crippen molar-refractivity contribution in [3.8, 4) is 0 Å². The highest BCUT2D eigenvalue weighted by molar-refractivity contribution is 7.09. The second-order valence-electron chi connectivity index (χ2n) is 5.97. The molecule has 3 atom stereocenters. The summed E-state index contributed by atoms with van der Waals surface area (Å²) in [6, 6.07) is 0.834. The predicted octanol–water partition coefficient (Wildman–Crippen LogP) is 2.73. The van der Waals surface area contributed by atoms with E-state index in [-0.39, 0.29) is 12.7 Å². The Morgan fingerprint density at radius 2 is 2.30 bits per heavy atom. The van der Waals surface area contributed by atoms with Crippen LogP contribution < -0.4 is 0 Å². The molecule has 0 amide bonds. The van der Waals surface area contributed by atoms with Crippen LogP contribution in [0.5, 0.6) is 0 Å². The largest absolute Gasteiger partial charge is 0.395 e. The van der Waals surface area contributed by atoms with Gasteiger partial charge in [0.1, 0.15) is 11.1 Å². The molecule has 0 radical (unpaired) electrons. The van der Waals surface area contributed by atoms with Crippen LogP contribution in [0.25, 0.3) is 0 Å². The summed E-state index contributed by atoms with van der Waals surface area (Å²) >= 11 is 1.72. The van der Waals surface area contributed by atoms with Gasteiger partial charge in [-0.15, -0.1) is 11.3 Å². The number of ether oxygens (including phenoxy) is 1. The maximum absolute atomic E-state index is 9.56. The van der Waals surface area contributed by atoms with Gasteiger partial charge in [-0.2, -0.15) is 0 Å². The topological polar surface area (TPSA) is 45.6 Å². The molecule has 2 fully saturated rings. The Bertz CT molecular complexity index is 431. The minimum Gasteiger partial charge on any atom is -0.395 e. The molecule has 3 unspecified atom stereocenters. The smallest absolute Gasteiger partial charge is 0.122 e. The highest BCUT2D eigenvalue weighted by atomic mass is 32.1. The lowest BCUT2D eigenvalue weighted by atomic mass is 9.97. The van der Waals surface area contributed by atoms with E-state index in [0.29, 0.717) is 12.1 Å². The molecule has 2 saturated heterocycles. The van der Waals surface area contributed by atoms with Crippen LogP contribution in [-0.4, -0.2) is 40.3 Å². The van der Waals surface area contributed by atoms with Gasteiger partial charge in [0.2, 0.25) is 0 Å². The van der Waals surface area contributed by atoms with Gasteiger partial charge in [0, 0.05) is 30.6 Å². The second kappa shape index (κ2) is 6.52. The zero-order valence-electron chi connectivity index (χ0n) is 12.1. The molecule has 0 saturated carbocycles. The number of aliphatic hydroxyl groups excluding tert-OH is 1. The van der Waals surface area contributed by atoms with Gasteiger partial charge in [0.05, 0.1) is 12.3 Å². The van der Waals surface area contributed by atoms with Crippen molar-refractivity contribution >= 4 is 11.3 Å². The lowest BCUT2D eigenvalue weighted by Crippen LogP contribution is -2.46. The van der Waals surface area contributed by atoms with Crippen LogP contribution in [-0.2, 0) is 11.3 Å². The maximum atomic E-state index is 9.56. The van der Waals surface area contributed by atoms with Gasteiger partial charge in [0.25, 0.3) is 0 Å². The summed E-state index contributed by atoms with van der Waals surface area (Å²) in [5, 5.41) is 12.8. The summed E-state index contributed by atoms with van der Waals surface area (Å²) in [6.45, 7) is 4.24. The molecule has 3 rings (SSSR count). The Hall–Kier alpha value is -0.490. The van der Waals surface area contributed by atoms with Gasteiger partial charge in [0.15, 0.2) is 0 Å². The minimum atomic E-state index is 0.223. The Morgan fingerprint density at radius 1 is 1.40 bits per heavy atom. The molecule has 0 aliphatic carbocycles. The van der Waals surface area contributed by atoms with Crippen LogP contribution in [0.15, 0.2) is 5.38 Å². The molecule has 1 N–H and O–H groups in total. The van der Waals surface area contributed by atoms with Crippen molar-refractivity contribution in [1.82, 2.24) is 9.88 Å². The van der Waals surface area contributed by atoms with E-state index in [4.69, 9.17) is 9.72 Å². The molecule has 0 aromatic carbocycles. The first-order valence-electron chi connectivity index (χ1n) is 7.70. The molecule has 2 aliphatic rings. The monoisotopic (exact) mass is 296 g/mol. The molecule has 112 valence electrons. The van der Waals surface area contributed by atoms with Crippen molar-refractivity contribution in [3.63, 3.8) is 0 Å². The highest BCUT2D eigenvalue weighted by Gasteiger charge is 2.28. The van der Waals surface area contributed by atoms with Gasteiger partial charge in [-0.3, -0.25) is 4.90 Å². The molecule has 4 nitrogen and oxygen atoms in total. The lowest BCUT2D eigenvalue weighted by molar-refractivity contribution is 0.0441. The lowest BCUT2D eigenvalue weighted by Gasteiger charge is -2.39. The van der Waals surface area contributed by atoms with Gasteiger partial charge in [-0.25, -0.2) is 4.98 Å². The fourth-order valence-corrected chi connectivity index (χ4v) is 4.22. The summed E-state index contributed by atoms with van der Waals surface area (Å²) < 4.78 is 5.70. The molecular weight excluding hydrogens is 272 g/mol. The number of hydrogen-bond donors (Lipinski definition) is 1. The SMILES string of the molecule is CC1CCCC(CO)N1Cc1csc(C2CCCO2)n1. The summed E-state index contributed by atoms with van der Waals surface area (Å²) in [5.74, 6) is 0. The molecule has 1 aromatic rings. The fourth-order valence-electron chi connectivity index (χ4n) is 3.32. The van der Waals surface area contributed by atoms with E-state index in [1.54, 1.807) is 11.3 Å². The molecule has 20 heavy (non-hydrogen) atoms. The van der Waals surface area contributed by atoms with Crippen LogP contribution in [0.3, 0.4) is 0 Å². The van der Waals surface area contributed by atoms with Crippen LogP contribution in [0.2, 0.25) is 0 Å². The van der Waals surface area contributed by atoms with Crippen LogP contribution in [0.4, 0.5) is 0 Å². The van der Waals surface area contributed by atoms with E-state index in [1.807, 2.05) is 0 Å². The average Bonchev–Trinajstić information content (AvgIpc) is 3.11. The fraction of sp³-hybridized carbons (Fsp3) is 0.800. The van der Waals surface area contributed by atoms with Gasteiger partial charge >= 0.3 is 0 Å². The van der Waals surface area contributed by atoms with E-state index in [1.165, 1.54) is 12.8 Å². The number of aromatic nitrogens is 1. The third-order valence-corrected chi connectivity index (χ3v) is 5.51. The van der Waals surface area contributed by atoms with E-state index >= 15 is 0 Å².